The van der Waals surface area contributed by atoms with E-state index in [-0.39, 0.29) is 0 Å². The molecule has 2 heterocycles. The summed E-state index contributed by atoms with van der Waals surface area (Å²) in [5.74, 6) is 1.44. The molecule has 0 aliphatic heterocycles. The lowest BCUT2D eigenvalue weighted by atomic mass is 10.0. The van der Waals surface area contributed by atoms with Gasteiger partial charge in [0.1, 0.15) is 5.82 Å². The standard InChI is InChI=1S/C14H15N3/c1-9(2)12-8-17-13-4-3-10(7-11(12)13)14-15-5-6-16-14/h3-9,17H,1-2H3,(H,15,16). The van der Waals surface area contributed by atoms with Crippen LogP contribution in [0.4, 0.5) is 0 Å². The number of H-pyrrole nitrogens is 2. The van der Waals surface area contributed by atoms with Crippen molar-refractivity contribution in [2.45, 2.75) is 19.8 Å². The van der Waals surface area contributed by atoms with E-state index in [9.17, 15) is 0 Å². The van der Waals surface area contributed by atoms with Gasteiger partial charge in [0.05, 0.1) is 0 Å². The van der Waals surface area contributed by atoms with Crippen LogP contribution in [0.1, 0.15) is 25.3 Å². The Labute approximate surface area is 99.9 Å². The Morgan fingerprint density at radius 1 is 1.18 bits per heavy atom. The maximum atomic E-state index is 4.29. The minimum absolute atomic E-state index is 0.524. The van der Waals surface area contributed by atoms with Gasteiger partial charge < -0.3 is 9.97 Å². The number of hydrogen-bond acceptors (Lipinski definition) is 1. The Morgan fingerprint density at radius 3 is 2.76 bits per heavy atom. The largest absolute Gasteiger partial charge is 0.361 e. The van der Waals surface area contributed by atoms with Crippen LogP contribution in [0.2, 0.25) is 0 Å². The summed E-state index contributed by atoms with van der Waals surface area (Å²) < 4.78 is 0. The SMILES string of the molecule is CC(C)c1c[nH]c2ccc(-c3ncc[nH]3)cc12. The molecule has 3 aromatic rings. The third-order valence-corrected chi connectivity index (χ3v) is 3.11. The summed E-state index contributed by atoms with van der Waals surface area (Å²) in [5, 5.41) is 1.29. The fourth-order valence-corrected chi connectivity index (χ4v) is 2.19. The van der Waals surface area contributed by atoms with E-state index in [0.717, 1.165) is 11.4 Å². The van der Waals surface area contributed by atoms with Crippen LogP contribution in [-0.2, 0) is 0 Å². The summed E-state index contributed by atoms with van der Waals surface area (Å²) in [6.07, 6.45) is 5.72. The molecule has 1 aromatic carbocycles. The van der Waals surface area contributed by atoms with Crippen LogP contribution in [0.3, 0.4) is 0 Å². The minimum Gasteiger partial charge on any atom is -0.361 e. The van der Waals surface area contributed by atoms with Gasteiger partial charge in [0, 0.05) is 35.1 Å². The first-order valence-corrected chi connectivity index (χ1v) is 5.86. The van der Waals surface area contributed by atoms with E-state index in [0.29, 0.717) is 5.92 Å². The lowest BCUT2D eigenvalue weighted by Crippen LogP contribution is -1.85. The number of benzene rings is 1. The molecule has 86 valence electrons. The highest BCUT2D eigenvalue weighted by atomic mass is 14.9. The first-order chi connectivity index (χ1) is 8.25. The van der Waals surface area contributed by atoms with Gasteiger partial charge >= 0.3 is 0 Å². The molecule has 0 aliphatic carbocycles. The van der Waals surface area contributed by atoms with Gasteiger partial charge in [0.25, 0.3) is 0 Å². The molecule has 0 atom stereocenters. The summed E-state index contributed by atoms with van der Waals surface area (Å²) in [7, 11) is 0. The second-order valence-electron chi connectivity index (χ2n) is 4.60. The van der Waals surface area contributed by atoms with E-state index in [1.54, 1.807) is 6.20 Å². The number of fused-ring (bicyclic) bond motifs is 1. The Bertz CT molecular complexity index is 633. The van der Waals surface area contributed by atoms with Crippen molar-refractivity contribution < 1.29 is 0 Å². The molecule has 0 aliphatic rings. The first kappa shape index (κ1) is 10.1. The highest BCUT2D eigenvalue weighted by molar-refractivity contribution is 5.87. The van der Waals surface area contributed by atoms with Crippen molar-refractivity contribution in [2.75, 3.05) is 0 Å². The first-order valence-electron chi connectivity index (χ1n) is 5.86. The molecule has 2 aromatic heterocycles. The Hall–Kier alpha value is -2.03. The number of aromatic nitrogens is 3. The average Bonchev–Trinajstić information content (AvgIpc) is 2.97. The Kier molecular flexibility index (Phi) is 2.25. The van der Waals surface area contributed by atoms with Crippen molar-refractivity contribution in [3.63, 3.8) is 0 Å². The molecule has 0 spiro atoms. The molecular formula is C14H15N3. The van der Waals surface area contributed by atoms with Gasteiger partial charge in [-0.25, -0.2) is 4.98 Å². The lowest BCUT2D eigenvalue weighted by molar-refractivity contribution is 0.875. The molecule has 3 rings (SSSR count). The van der Waals surface area contributed by atoms with Crippen LogP contribution in [0.5, 0.6) is 0 Å². The number of nitrogens with zero attached hydrogens (tertiary/aromatic N) is 1. The normalized spacial score (nSPS) is 11.5. The maximum Gasteiger partial charge on any atom is 0.137 e. The molecule has 0 radical (unpaired) electrons. The lowest BCUT2D eigenvalue weighted by Gasteiger charge is -2.03. The number of aromatic amines is 2. The van der Waals surface area contributed by atoms with Gasteiger partial charge in [-0.15, -0.1) is 0 Å². The van der Waals surface area contributed by atoms with Crippen molar-refractivity contribution in [3.05, 3.63) is 42.4 Å². The van der Waals surface area contributed by atoms with Crippen molar-refractivity contribution in [2.24, 2.45) is 0 Å². The van der Waals surface area contributed by atoms with Gasteiger partial charge in [-0.1, -0.05) is 13.8 Å². The van der Waals surface area contributed by atoms with Crippen LogP contribution in [0.15, 0.2) is 36.8 Å². The summed E-state index contributed by atoms with van der Waals surface area (Å²) in [4.78, 5) is 10.7. The van der Waals surface area contributed by atoms with Crippen LogP contribution < -0.4 is 0 Å². The smallest absolute Gasteiger partial charge is 0.137 e. The number of hydrogen-bond donors (Lipinski definition) is 2. The quantitative estimate of drug-likeness (QED) is 0.686. The summed E-state index contributed by atoms with van der Waals surface area (Å²) >= 11 is 0. The van der Waals surface area contributed by atoms with Crippen LogP contribution in [0.25, 0.3) is 22.3 Å². The Morgan fingerprint density at radius 2 is 2.06 bits per heavy atom. The van der Waals surface area contributed by atoms with E-state index in [2.05, 4.69) is 53.2 Å². The third kappa shape index (κ3) is 1.64. The number of rotatable bonds is 2. The zero-order chi connectivity index (χ0) is 11.8. The predicted octanol–water partition coefficient (Wildman–Crippen LogP) is 3.68. The fourth-order valence-electron chi connectivity index (χ4n) is 2.19. The van der Waals surface area contributed by atoms with Crippen LogP contribution >= 0.6 is 0 Å². The van der Waals surface area contributed by atoms with Crippen molar-refractivity contribution >= 4 is 10.9 Å². The zero-order valence-electron chi connectivity index (χ0n) is 9.99. The molecule has 0 amide bonds. The molecule has 0 unspecified atom stereocenters. The molecular weight excluding hydrogens is 210 g/mol. The molecule has 3 nitrogen and oxygen atoms in total. The molecule has 17 heavy (non-hydrogen) atoms. The summed E-state index contributed by atoms with van der Waals surface area (Å²) in [5.41, 5.74) is 3.67. The molecule has 0 bridgehead atoms. The van der Waals surface area contributed by atoms with Gasteiger partial charge in [-0.05, 0) is 29.7 Å². The molecule has 2 N–H and O–H groups in total. The van der Waals surface area contributed by atoms with E-state index < -0.39 is 0 Å². The van der Waals surface area contributed by atoms with Crippen LogP contribution in [-0.4, -0.2) is 15.0 Å². The summed E-state index contributed by atoms with van der Waals surface area (Å²) in [6, 6.07) is 6.39. The van der Waals surface area contributed by atoms with E-state index >= 15 is 0 Å². The minimum atomic E-state index is 0.524. The van der Waals surface area contributed by atoms with Crippen molar-refractivity contribution in [1.29, 1.82) is 0 Å². The van der Waals surface area contributed by atoms with E-state index in [1.165, 1.54) is 16.5 Å². The second-order valence-corrected chi connectivity index (χ2v) is 4.60. The third-order valence-electron chi connectivity index (χ3n) is 3.11. The number of imidazole rings is 1. The van der Waals surface area contributed by atoms with E-state index in [1.807, 2.05) is 6.20 Å². The van der Waals surface area contributed by atoms with E-state index in [4.69, 9.17) is 0 Å². The van der Waals surface area contributed by atoms with Crippen LogP contribution in [0, 0.1) is 0 Å². The van der Waals surface area contributed by atoms with Crippen molar-refractivity contribution in [1.82, 2.24) is 15.0 Å². The summed E-state index contributed by atoms with van der Waals surface area (Å²) in [6.45, 7) is 4.42. The monoisotopic (exact) mass is 225 g/mol. The van der Waals surface area contributed by atoms with Gasteiger partial charge in [-0.2, -0.15) is 0 Å². The molecule has 0 fully saturated rings. The number of nitrogens with one attached hydrogen (secondary N) is 2. The Balaban J connectivity index is 2.20. The zero-order valence-corrected chi connectivity index (χ0v) is 9.99. The van der Waals surface area contributed by atoms with Gasteiger partial charge in [0.15, 0.2) is 0 Å². The predicted molar refractivity (Wildman–Crippen MR) is 70.0 cm³/mol. The maximum absolute atomic E-state index is 4.29. The average molecular weight is 225 g/mol. The highest BCUT2D eigenvalue weighted by Gasteiger charge is 2.09. The second kappa shape index (κ2) is 3.77. The van der Waals surface area contributed by atoms with Crippen molar-refractivity contribution in [3.8, 4) is 11.4 Å². The molecule has 0 saturated carbocycles. The fraction of sp³-hybridized carbons (Fsp3) is 0.214. The molecule has 3 heteroatoms. The van der Waals surface area contributed by atoms with Gasteiger partial charge in [0.2, 0.25) is 0 Å². The van der Waals surface area contributed by atoms with Gasteiger partial charge in [-0.3, -0.25) is 0 Å². The topological polar surface area (TPSA) is 44.5 Å². The molecule has 0 saturated heterocycles. The highest BCUT2D eigenvalue weighted by Crippen LogP contribution is 2.28.